The molecule has 0 aromatic heterocycles. The van der Waals surface area contributed by atoms with E-state index in [0.29, 0.717) is 12.5 Å². The number of carbonyl (C=O) groups is 1. The van der Waals surface area contributed by atoms with Gasteiger partial charge in [-0.25, -0.2) is 0 Å². The molecule has 1 aliphatic heterocycles. The summed E-state index contributed by atoms with van der Waals surface area (Å²) in [6.45, 7) is 9.35. The van der Waals surface area contributed by atoms with Crippen molar-refractivity contribution in [3.8, 4) is 0 Å². The largest absolute Gasteiger partial charge is 0.338 e. The summed E-state index contributed by atoms with van der Waals surface area (Å²) in [5.74, 6) is 0.888. The van der Waals surface area contributed by atoms with Gasteiger partial charge in [0.05, 0.1) is 0 Å². The van der Waals surface area contributed by atoms with Crippen molar-refractivity contribution < 1.29 is 4.79 Å². The van der Waals surface area contributed by atoms with Crippen LogP contribution >= 0.6 is 0 Å². The molecule has 3 heteroatoms. The van der Waals surface area contributed by atoms with E-state index in [1.807, 2.05) is 11.0 Å². The van der Waals surface area contributed by atoms with E-state index in [2.05, 4.69) is 20.4 Å². The van der Waals surface area contributed by atoms with Gasteiger partial charge in [-0.3, -0.25) is 4.79 Å². The smallest absolute Gasteiger partial charge is 0.226 e. The van der Waals surface area contributed by atoms with Crippen molar-refractivity contribution in [2.24, 2.45) is 17.6 Å². The van der Waals surface area contributed by atoms with Crippen LogP contribution in [0.4, 0.5) is 0 Å². The topological polar surface area (TPSA) is 46.3 Å². The van der Waals surface area contributed by atoms with Crippen molar-refractivity contribution in [2.45, 2.75) is 32.7 Å². The molecule has 3 nitrogen and oxygen atoms in total. The average Bonchev–Trinajstić information content (AvgIpc) is 2.46. The van der Waals surface area contributed by atoms with Crippen LogP contribution in [0.3, 0.4) is 0 Å². The molecule has 2 atom stereocenters. The Morgan fingerprint density at radius 2 is 2.33 bits per heavy atom. The van der Waals surface area contributed by atoms with Crippen LogP contribution in [0.1, 0.15) is 26.7 Å². The van der Waals surface area contributed by atoms with Crippen molar-refractivity contribution in [1.82, 2.24) is 4.90 Å². The fraction of sp³-hybridized carbons (Fsp3) is 0.750. The predicted octanol–water partition coefficient (Wildman–Crippen LogP) is 1.39. The monoisotopic (exact) mass is 210 g/mol. The number of hydrogen-bond acceptors (Lipinski definition) is 2. The fourth-order valence-electron chi connectivity index (χ4n) is 2.23. The van der Waals surface area contributed by atoms with E-state index in [9.17, 15) is 4.79 Å². The van der Waals surface area contributed by atoms with Crippen molar-refractivity contribution in [3.05, 3.63) is 12.7 Å². The van der Waals surface area contributed by atoms with E-state index in [1.54, 1.807) is 0 Å². The minimum absolute atomic E-state index is 0.120. The van der Waals surface area contributed by atoms with E-state index in [4.69, 9.17) is 5.73 Å². The lowest BCUT2D eigenvalue weighted by Crippen LogP contribution is -2.40. The Balaban J connectivity index is 2.67. The van der Waals surface area contributed by atoms with Crippen LogP contribution in [0.15, 0.2) is 12.7 Å². The van der Waals surface area contributed by atoms with Gasteiger partial charge in [-0.05, 0) is 18.8 Å². The molecule has 2 N–H and O–H groups in total. The van der Waals surface area contributed by atoms with Crippen molar-refractivity contribution in [3.63, 3.8) is 0 Å². The molecule has 0 bridgehead atoms. The number of carbonyl (C=O) groups excluding carboxylic acids is 1. The second kappa shape index (κ2) is 5.31. The molecule has 0 radical (unpaired) electrons. The zero-order chi connectivity index (χ0) is 11.4. The summed E-state index contributed by atoms with van der Waals surface area (Å²) in [6.07, 6.45) is 3.51. The maximum Gasteiger partial charge on any atom is 0.226 e. The molecule has 0 aromatic carbocycles. The molecule has 1 aliphatic rings. The highest BCUT2D eigenvalue weighted by Gasteiger charge is 2.37. The Hall–Kier alpha value is -0.830. The van der Waals surface area contributed by atoms with E-state index < -0.39 is 0 Å². The first kappa shape index (κ1) is 12.2. The van der Waals surface area contributed by atoms with E-state index in [1.165, 1.54) is 0 Å². The quantitative estimate of drug-likeness (QED) is 0.697. The zero-order valence-corrected chi connectivity index (χ0v) is 9.78. The first-order chi connectivity index (χ1) is 7.10. The Labute approximate surface area is 92.3 Å². The van der Waals surface area contributed by atoms with Gasteiger partial charge in [-0.2, -0.15) is 0 Å². The molecule has 0 spiro atoms. The fourth-order valence-corrected chi connectivity index (χ4v) is 2.23. The summed E-state index contributed by atoms with van der Waals surface area (Å²) in [6, 6.07) is 0.241. The van der Waals surface area contributed by atoms with Gasteiger partial charge in [0.15, 0.2) is 0 Å². The normalized spacial score (nSPS) is 26.4. The van der Waals surface area contributed by atoms with E-state index in [-0.39, 0.29) is 17.9 Å². The number of amides is 1. The molecule has 1 saturated heterocycles. The molecule has 0 unspecified atom stereocenters. The van der Waals surface area contributed by atoms with E-state index in [0.717, 1.165) is 19.4 Å². The molecular formula is C12H22N2O. The molecule has 1 rings (SSSR count). The number of likely N-dealkylation sites (tertiary alicyclic amines) is 1. The van der Waals surface area contributed by atoms with Gasteiger partial charge in [0.1, 0.15) is 0 Å². The Morgan fingerprint density at radius 3 is 2.80 bits per heavy atom. The molecular weight excluding hydrogens is 188 g/mol. The van der Waals surface area contributed by atoms with Crippen LogP contribution in [0.5, 0.6) is 0 Å². The first-order valence-corrected chi connectivity index (χ1v) is 5.71. The van der Waals surface area contributed by atoms with Crippen LogP contribution in [-0.4, -0.2) is 29.9 Å². The van der Waals surface area contributed by atoms with Crippen molar-refractivity contribution in [2.75, 3.05) is 13.1 Å². The molecule has 15 heavy (non-hydrogen) atoms. The lowest BCUT2D eigenvalue weighted by atomic mass is 10.0. The number of nitrogens with two attached hydrogens (primary N) is 1. The molecule has 0 saturated carbocycles. The zero-order valence-electron chi connectivity index (χ0n) is 9.78. The SMILES string of the molecule is C=CC[C@@H]1C[C@@H](CN)N(CC(C)C)C1=O. The van der Waals surface area contributed by atoms with Crippen molar-refractivity contribution in [1.29, 1.82) is 0 Å². The van der Waals surface area contributed by atoms with Gasteiger partial charge in [0.25, 0.3) is 0 Å². The van der Waals surface area contributed by atoms with Crippen LogP contribution in [0.2, 0.25) is 0 Å². The maximum absolute atomic E-state index is 12.0. The van der Waals surface area contributed by atoms with Gasteiger partial charge in [0.2, 0.25) is 5.91 Å². The predicted molar refractivity (Wildman–Crippen MR) is 62.3 cm³/mol. The van der Waals surface area contributed by atoms with Crippen LogP contribution < -0.4 is 5.73 Å². The van der Waals surface area contributed by atoms with Gasteiger partial charge in [-0.15, -0.1) is 6.58 Å². The molecule has 0 aliphatic carbocycles. The lowest BCUT2D eigenvalue weighted by molar-refractivity contribution is -0.132. The lowest BCUT2D eigenvalue weighted by Gasteiger charge is -2.25. The second-order valence-corrected chi connectivity index (χ2v) is 4.73. The van der Waals surface area contributed by atoms with Gasteiger partial charge in [-0.1, -0.05) is 19.9 Å². The number of rotatable bonds is 5. The summed E-state index contributed by atoms with van der Waals surface area (Å²) in [4.78, 5) is 14.0. The Kier molecular flexibility index (Phi) is 4.33. The van der Waals surface area contributed by atoms with Gasteiger partial charge < -0.3 is 10.6 Å². The second-order valence-electron chi connectivity index (χ2n) is 4.73. The summed E-state index contributed by atoms with van der Waals surface area (Å²) in [7, 11) is 0. The third-order valence-electron chi connectivity index (χ3n) is 2.91. The molecule has 1 heterocycles. The highest BCUT2D eigenvalue weighted by atomic mass is 16.2. The Bertz CT molecular complexity index is 238. The number of hydrogen-bond donors (Lipinski definition) is 1. The van der Waals surface area contributed by atoms with Crippen molar-refractivity contribution >= 4 is 5.91 Å². The molecule has 1 amide bonds. The number of nitrogens with zero attached hydrogens (tertiary/aromatic N) is 1. The molecule has 1 fully saturated rings. The summed E-state index contributed by atoms with van der Waals surface area (Å²) >= 11 is 0. The Morgan fingerprint density at radius 1 is 1.67 bits per heavy atom. The van der Waals surface area contributed by atoms with Crippen LogP contribution in [0.25, 0.3) is 0 Å². The minimum Gasteiger partial charge on any atom is -0.338 e. The maximum atomic E-state index is 12.0. The third-order valence-corrected chi connectivity index (χ3v) is 2.91. The highest BCUT2D eigenvalue weighted by molar-refractivity contribution is 5.81. The van der Waals surface area contributed by atoms with Crippen LogP contribution in [0, 0.1) is 11.8 Å². The average molecular weight is 210 g/mol. The summed E-state index contributed by atoms with van der Waals surface area (Å²) in [5.41, 5.74) is 5.70. The third kappa shape index (κ3) is 2.81. The molecule has 0 aromatic rings. The summed E-state index contributed by atoms with van der Waals surface area (Å²) < 4.78 is 0. The van der Waals surface area contributed by atoms with Crippen LogP contribution in [-0.2, 0) is 4.79 Å². The highest BCUT2D eigenvalue weighted by Crippen LogP contribution is 2.27. The van der Waals surface area contributed by atoms with Gasteiger partial charge >= 0.3 is 0 Å². The van der Waals surface area contributed by atoms with Gasteiger partial charge in [0, 0.05) is 25.0 Å². The standard InChI is InChI=1S/C12H22N2O/c1-4-5-10-6-11(7-13)14(12(10)15)8-9(2)3/h4,9-11H,1,5-8,13H2,2-3H3/t10-,11+/m1/s1. The first-order valence-electron chi connectivity index (χ1n) is 5.71. The minimum atomic E-state index is 0.120. The summed E-state index contributed by atoms with van der Waals surface area (Å²) in [5, 5.41) is 0. The number of allylic oxidation sites excluding steroid dienone is 1. The van der Waals surface area contributed by atoms with E-state index >= 15 is 0 Å². The molecule has 86 valence electrons.